The lowest BCUT2D eigenvalue weighted by Crippen LogP contribution is -2.29. The Morgan fingerprint density at radius 2 is 1.92 bits per heavy atom. The van der Waals surface area contributed by atoms with E-state index in [4.69, 9.17) is 11.6 Å². The van der Waals surface area contributed by atoms with E-state index in [9.17, 15) is 19.7 Å². The Bertz CT molecular complexity index is 980. The van der Waals surface area contributed by atoms with Crippen LogP contribution in [0.4, 0.5) is 5.69 Å². The molecular formula is C18H12ClN3O4. The maximum absolute atomic E-state index is 12.6. The topological polar surface area (TPSA) is 92.9 Å². The Morgan fingerprint density at radius 1 is 1.23 bits per heavy atom. The van der Waals surface area contributed by atoms with Crippen molar-refractivity contribution < 1.29 is 14.5 Å². The molecule has 1 aliphatic rings. The molecule has 0 spiro atoms. The predicted octanol–water partition coefficient (Wildman–Crippen LogP) is 3.69. The number of non-ortho nitro benzene ring substituents is 1. The molecule has 0 atom stereocenters. The molecule has 0 bridgehead atoms. The van der Waals surface area contributed by atoms with E-state index in [1.165, 1.54) is 36.4 Å². The maximum atomic E-state index is 12.6. The van der Waals surface area contributed by atoms with Crippen LogP contribution in [0.2, 0.25) is 5.02 Å². The largest absolute Gasteiger partial charge is 0.283 e. The van der Waals surface area contributed by atoms with Gasteiger partial charge in [0.15, 0.2) is 0 Å². The number of hydrogen-bond acceptors (Lipinski definition) is 5. The Kier molecular flexibility index (Phi) is 4.64. The number of amides is 2. The van der Waals surface area contributed by atoms with E-state index in [-0.39, 0.29) is 16.8 Å². The first-order valence-corrected chi connectivity index (χ1v) is 7.90. The van der Waals surface area contributed by atoms with Crippen LogP contribution < -0.4 is 0 Å². The highest BCUT2D eigenvalue weighted by Crippen LogP contribution is 2.23. The number of carbonyl (C=O) groups excluding carboxylic acids is 2. The number of carbonyl (C=O) groups is 2. The minimum absolute atomic E-state index is 0.0894. The molecule has 0 radical (unpaired) electrons. The Labute approximate surface area is 153 Å². The fourth-order valence-corrected chi connectivity index (χ4v) is 2.56. The fraction of sp³-hybridized carbons (Fsp3) is 0.0556. The number of imide groups is 1. The fourth-order valence-electron chi connectivity index (χ4n) is 2.43. The lowest BCUT2D eigenvalue weighted by Gasteiger charge is -2.09. The Morgan fingerprint density at radius 3 is 2.58 bits per heavy atom. The molecule has 3 rings (SSSR count). The van der Waals surface area contributed by atoms with E-state index in [2.05, 4.69) is 5.10 Å². The number of nitro groups is 1. The summed E-state index contributed by atoms with van der Waals surface area (Å²) >= 11 is 5.80. The summed E-state index contributed by atoms with van der Waals surface area (Å²) in [4.78, 5) is 35.4. The van der Waals surface area contributed by atoms with Crippen molar-refractivity contribution in [3.63, 3.8) is 0 Å². The van der Waals surface area contributed by atoms with Gasteiger partial charge in [-0.25, -0.2) is 0 Å². The van der Waals surface area contributed by atoms with Crippen molar-refractivity contribution in [1.82, 2.24) is 5.01 Å². The molecule has 0 aromatic heterocycles. The Balaban J connectivity index is 1.90. The summed E-state index contributed by atoms with van der Waals surface area (Å²) < 4.78 is 0. The number of hydrogen-bond donors (Lipinski definition) is 0. The minimum atomic E-state index is -0.589. The van der Waals surface area contributed by atoms with Gasteiger partial charge in [-0.2, -0.15) is 10.1 Å². The van der Waals surface area contributed by atoms with Gasteiger partial charge in [-0.1, -0.05) is 23.7 Å². The molecule has 8 heteroatoms. The van der Waals surface area contributed by atoms with Crippen molar-refractivity contribution in [2.75, 3.05) is 0 Å². The quantitative estimate of drug-likeness (QED) is 0.357. The minimum Gasteiger partial charge on any atom is -0.267 e. The molecule has 0 fully saturated rings. The van der Waals surface area contributed by atoms with Crippen LogP contribution in [-0.2, 0) is 4.79 Å². The molecule has 26 heavy (non-hydrogen) atoms. The number of hydrazone groups is 1. The number of halogens is 1. The second kappa shape index (κ2) is 6.89. The van der Waals surface area contributed by atoms with Crippen LogP contribution >= 0.6 is 11.6 Å². The summed E-state index contributed by atoms with van der Waals surface area (Å²) in [6.45, 7) is 1.59. The molecule has 0 unspecified atom stereocenters. The van der Waals surface area contributed by atoms with Gasteiger partial charge < -0.3 is 0 Å². The number of nitrogens with zero attached hydrogens (tertiary/aromatic N) is 3. The van der Waals surface area contributed by atoms with Gasteiger partial charge in [0.25, 0.3) is 17.5 Å². The van der Waals surface area contributed by atoms with Crippen molar-refractivity contribution in [1.29, 1.82) is 0 Å². The molecule has 0 N–H and O–H groups in total. The first-order valence-electron chi connectivity index (χ1n) is 7.53. The second-order valence-corrected chi connectivity index (χ2v) is 5.96. The maximum Gasteiger partial charge on any atom is 0.283 e. The van der Waals surface area contributed by atoms with Crippen LogP contribution in [0.25, 0.3) is 6.08 Å². The van der Waals surface area contributed by atoms with Crippen LogP contribution in [0.3, 0.4) is 0 Å². The summed E-state index contributed by atoms with van der Waals surface area (Å²) in [5.74, 6) is -1.16. The third-order valence-electron chi connectivity index (χ3n) is 3.74. The normalized spacial score (nSPS) is 15.3. The lowest BCUT2D eigenvalue weighted by molar-refractivity contribution is -0.384. The third-order valence-corrected chi connectivity index (χ3v) is 3.99. The average Bonchev–Trinajstić information content (AvgIpc) is 2.90. The molecule has 2 aromatic carbocycles. The molecule has 2 aromatic rings. The van der Waals surface area contributed by atoms with Crippen molar-refractivity contribution in [3.05, 3.63) is 80.4 Å². The zero-order valence-corrected chi connectivity index (χ0v) is 14.3. The third kappa shape index (κ3) is 3.38. The summed E-state index contributed by atoms with van der Waals surface area (Å²) in [7, 11) is 0. The van der Waals surface area contributed by atoms with Crippen molar-refractivity contribution in [2.24, 2.45) is 5.10 Å². The van der Waals surface area contributed by atoms with E-state index in [0.29, 0.717) is 16.3 Å². The lowest BCUT2D eigenvalue weighted by atomic mass is 10.1. The summed E-state index contributed by atoms with van der Waals surface area (Å²) in [5, 5.41) is 16.1. The van der Waals surface area contributed by atoms with Gasteiger partial charge in [-0.05, 0) is 42.8 Å². The van der Waals surface area contributed by atoms with Crippen molar-refractivity contribution in [3.8, 4) is 0 Å². The van der Waals surface area contributed by atoms with Crippen LogP contribution in [0.15, 0.2) is 59.2 Å². The average molecular weight is 370 g/mol. The highest BCUT2D eigenvalue weighted by atomic mass is 35.5. The van der Waals surface area contributed by atoms with Gasteiger partial charge in [-0.15, -0.1) is 0 Å². The van der Waals surface area contributed by atoms with Crippen molar-refractivity contribution >= 4 is 40.9 Å². The smallest absolute Gasteiger partial charge is 0.267 e. The molecule has 1 heterocycles. The first-order chi connectivity index (χ1) is 12.4. The van der Waals surface area contributed by atoms with E-state index in [1.54, 1.807) is 25.1 Å². The van der Waals surface area contributed by atoms with Gasteiger partial charge in [-0.3, -0.25) is 19.7 Å². The molecule has 0 saturated heterocycles. The molecule has 2 amide bonds. The first kappa shape index (κ1) is 17.5. The van der Waals surface area contributed by atoms with Crippen LogP contribution in [-0.4, -0.2) is 27.5 Å². The summed E-state index contributed by atoms with van der Waals surface area (Å²) in [6, 6.07) is 12.0. The second-order valence-electron chi connectivity index (χ2n) is 5.52. The standard InChI is InChI=1S/C18H12ClN3O4/c1-11-16(10-12-3-2-4-15(9-12)22(25)26)18(24)21(20-11)17(23)13-5-7-14(19)8-6-13/h2-10H,1H3/b16-10+. The summed E-state index contributed by atoms with van der Waals surface area (Å²) in [6.07, 6.45) is 1.48. The highest BCUT2D eigenvalue weighted by Gasteiger charge is 2.33. The molecule has 130 valence electrons. The Hall–Kier alpha value is -3.32. The number of rotatable bonds is 3. The molecule has 1 aliphatic heterocycles. The van der Waals surface area contributed by atoms with Gasteiger partial charge in [0.2, 0.25) is 0 Å². The zero-order chi connectivity index (χ0) is 18.8. The predicted molar refractivity (Wildman–Crippen MR) is 96.8 cm³/mol. The highest BCUT2D eigenvalue weighted by molar-refractivity contribution is 6.31. The number of nitro benzene ring substituents is 1. The van der Waals surface area contributed by atoms with E-state index in [0.717, 1.165) is 5.01 Å². The van der Waals surface area contributed by atoms with Gasteiger partial charge in [0.05, 0.1) is 16.2 Å². The van der Waals surface area contributed by atoms with Gasteiger partial charge >= 0.3 is 0 Å². The van der Waals surface area contributed by atoms with Gasteiger partial charge in [0.1, 0.15) is 0 Å². The van der Waals surface area contributed by atoms with Crippen LogP contribution in [0.5, 0.6) is 0 Å². The van der Waals surface area contributed by atoms with E-state index in [1.807, 2.05) is 0 Å². The zero-order valence-electron chi connectivity index (χ0n) is 13.5. The monoisotopic (exact) mass is 369 g/mol. The summed E-state index contributed by atoms with van der Waals surface area (Å²) in [5.41, 5.74) is 1.21. The van der Waals surface area contributed by atoms with Crippen LogP contribution in [0.1, 0.15) is 22.8 Å². The SMILES string of the molecule is CC1=NN(C(=O)c2ccc(Cl)cc2)C(=O)/C1=C/c1cccc([N+](=O)[O-])c1. The van der Waals surface area contributed by atoms with Crippen LogP contribution in [0, 0.1) is 10.1 Å². The van der Waals surface area contributed by atoms with E-state index >= 15 is 0 Å². The molecule has 0 saturated carbocycles. The van der Waals surface area contributed by atoms with Gasteiger partial charge in [0, 0.05) is 22.7 Å². The van der Waals surface area contributed by atoms with Crippen molar-refractivity contribution in [2.45, 2.75) is 6.92 Å². The molecule has 7 nitrogen and oxygen atoms in total. The van der Waals surface area contributed by atoms with E-state index < -0.39 is 16.7 Å². The molecular weight excluding hydrogens is 358 g/mol. The molecule has 0 aliphatic carbocycles. The number of benzene rings is 2.